The van der Waals surface area contributed by atoms with Crippen LogP contribution < -0.4 is 0 Å². The van der Waals surface area contributed by atoms with Crippen LogP contribution in [-0.2, 0) is 5.41 Å². The standard InChI is InChI=1S/C41H23BrS/c42-27-16-20-39-33(23-27)32-22-26(15-19-38(32)43-39)25-14-17-36-31(21-25)29-9-3-5-11-34(29)41(36)35-12-6-4-10-30(35)40-28-8-2-1-7-24(28)13-18-37(40)41/h1-23H. The summed E-state index contributed by atoms with van der Waals surface area (Å²) in [7, 11) is 0. The third-order valence-corrected chi connectivity index (χ3v) is 11.4. The number of thiophene rings is 1. The summed E-state index contributed by atoms with van der Waals surface area (Å²) in [4.78, 5) is 0. The van der Waals surface area contributed by atoms with Gasteiger partial charge < -0.3 is 0 Å². The minimum Gasteiger partial charge on any atom is -0.135 e. The average Bonchev–Trinajstić information content (AvgIpc) is 3.68. The lowest BCUT2D eigenvalue weighted by Gasteiger charge is -2.30. The Kier molecular flexibility index (Phi) is 4.76. The van der Waals surface area contributed by atoms with Gasteiger partial charge in [-0.2, -0.15) is 0 Å². The molecule has 0 nitrogen and oxygen atoms in total. The summed E-state index contributed by atoms with van der Waals surface area (Å²) in [6.45, 7) is 0. The molecule has 43 heavy (non-hydrogen) atoms. The molecule has 1 aromatic heterocycles. The number of hydrogen-bond donors (Lipinski definition) is 0. The van der Waals surface area contributed by atoms with E-state index in [9.17, 15) is 0 Å². The Hall–Kier alpha value is -4.50. The third-order valence-electron chi connectivity index (χ3n) is 9.74. The predicted molar refractivity (Wildman–Crippen MR) is 186 cm³/mol. The molecule has 0 saturated heterocycles. The molecule has 0 aliphatic heterocycles. The molecule has 2 aliphatic rings. The van der Waals surface area contributed by atoms with Crippen LogP contribution >= 0.6 is 27.3 Å². The Morgan fingerprint density at radius 3 is 1.95 bits per heavy atom. The number of halogens is 1. The molecule has 0 amide bonds. The summed E-state index contributed by atoms with van der Waals surface area (Å²) < 4.78 is 3.77. The molecule has 2 heteroatoms. The van der Waals surface area contributed by atoms with Gasteiger partial charge in [0.25, 0.3) is 0 Å². The van der Waals surface area contributed by atoms with Gasteiger partial charge in [-0.15, -0.1) is 11.3 Å². The minimum absolute atomic E-state index is 0.333. The highest BCUT2D eigenvalue weighted by Crippen LogP contribution is 2.64. The zero-order chi connectivity index (χ0) is 28.3. The van der Waals surface area contributed by atoms with Gasteiger partial charge in [-0.25, -0.2) is 0 Å². The monoisotopic (exact) mass is 626 g/mol. The van der Waals surface area contributed by atoms with E-state index in [1.54, 1.807) is 0 Å². The summed E-state index contributed by atoms with van der Waals surface area (Å²) in [5.74, 6) is 0. The minimum atomic E-state index is -0.333. The largest absolute Gasteiger partial charge is 0.135 e. The molecular formula is C41H23BrS. The van der Waals surface area contributed by atoms with E-state index in [-0.39, 0.29) is 5.41 Å². The number of benzene rings is 7. The summed E-state index contributed by atoms with van der Waals surface area (Å²) in [6.07, 6.45) is 0. The fourth-order valence-electron chi connectivity index (χ4n) is 8.02. The Labute approximate surface area is 262 Å². The van der Waals surface area contributed by atoms with Crippen molar-refractivity contribution in [2.45, 2.75) is 5.41 Å². The molecule has 0 saturated carbocycles. The second kappa shape index (κ2) is 8.54. The van der Waals surface area contributed by atoms with Gasteiger partial charge in [-0.05, 0) is 103 Å². The summed E-state index contributed by atoms with van der Waals surface area (Å²) in [5, 5.41) is 5.25. The lowest BCUT2D eigenvalue weighted by atomic mass is 9.70. The molecule has 0 bridgehead atoms. The normalized spacial score (nSPS) is 16.1. The summed E-state index contributed by atoms with van der Waals surface area (Å²) in [6, 6.07) is 52.5. The van der Waals surface area contributed by atoms with Gasteiger partial charge in [0, 0.05) is 24.6 Å². The predicted octanol–water partition coefficient (Wildman–Crippen LogP) is 12.0. The van der Waals surface area contributed by atoms with Gasteiger partial charge in [-0.3, -0.25) is 0 Å². The fourth-order valence-corrected chi connectivity index (χ4v) is 9.45. The topological polar surface area (TPSA) is 0 Å². The molecule has 1 spiro atoms. The average molecular weight is 628 g/mol. The maximum absolute atomic E-state index is 3.69. The molecule has 10 rings (SSSR count). The first-order valence-corrected chi connectivity index (χ1v) is 16.3. The number of fused-ring (bicyclic) bond motifs is 15. The molecule has 8 aromatic rings. The molecule has 1 unspecified atom stereocenters. The van der Waals surface area contributed by atoms with Crippen LogP contribution in [0.15, 0.2) is 144 Å². The van der Waals surface area contributed by atoms with Crippen LogP contribution in [0.4, 0.5) is 0 Å². The number of hydrogen-bond acceptors (Lipinski definition) is 1. The molecule has 200 valence electrons. The lowest BCUT2D eigenvalue weighted by molar-refractivity contribution is 0.794. The molecule has 1 heterocycles. The van der Waals surface area contributed by atoms with Crippen molar-refractivity contribution in [2.75, 3.05) is 0 Å². The van der Waals surface area contributed by atoms with Gasteiger partial charge in [0.2, 0.25) is 0 Å². The van der Waals surface area contributed by atoms with Crippen LogP contribution in [0, 0.1) is 0 Å². The highest BCUT2D eigenvalue weighted by Gasteiger charge is 2.51. The van der Waals surface area contributed by atoms with Crippen molar-refractivity contribution in [3.8, 4) is 33.4 Å². The van der Waals surface area contributed by atoms with E-state index < -0.39 is 0 Å². The first-order valence-electron chi connectivity index (χ1n) is 14.7. The van der Waals surface area contributed by atoms with E-state index in [4.69, 9.17) is 0 Å². The lowest BCUT2D eigenvalue weighted by Crippen LogP contribution is -2.25. The zero-order valence-electron chi connectivity index (χ0n) is 23.1. The molecule has 7 aromatic carbocycles. The van der Waals surface area contributed by atoms with Crippen molar-refractivity contribution >= 4 is 58.2 Å². The molecular weight excluding hydrogens is 604 g/mol. The van der Waals surface area contributed by atoms with Crippen LogP contribution in [0.25, 0.3) is 64.3 Å². The van der Waals surface area contributed by atoms with Crippen molar-refractivity contribution in [3.63, 3.8) is 0 Å². The van der Waals surface area contributed by atoms with Crippen LogP contribution in [0.1, 0.15) is 22.3 Å². The van der Waals surface area contributed by atoms with Gasteiger partial charge in [0.05, 0.1) is 5.41 Å². The Bertz CT molecular complexity index is 2480. The first-order chi connectivity index (χ1) is 21.2. The quantitative estimate of drug-likeness (QED) is 0.170. The summed E-state index contributed by atoms with van der Waals surface area (Å²) >= 11 is 5.55. The maximum atomic E-state index is 3.69. The van der Waals surface area contributed by atoms with Crippen LogP contribution in [0.3, 0.4) is 0 Å². The van der Waals surface area contributed by atoms with Gasteiger partial charge >= 0.3 is 0 Å². The highest BCUT2D eigenvalue weighted by molar-refractivity contribution is 9.10. The van der Waals surface area contributed by atoms with Crippen molar-refractivity contribution in [1.29, 1.82) is 0 Å². The van der Waals surface area contributed by atoms with Gasteiger partial charge in [0.1, 0.15) is 0 Å². The third kappa shape index (κ3) is 3.05. The van der Waals surface area contributed by atoms with E-state index in [0.717, 1.165) is 4.47 Å². The van der Waals surface area contributed by atoms with Gasteiger partial charge in [-0.1, -0.05) is 119 Å². The van der Waals surface area contributed by atoms with E-state index >= 15 is 0 Å². The highest BCUT2D eigenvalue weighted by atomic mass is 79.9. The van der Waals surface area contributed by atoms with Crippen molar-refractivity contribution in [3.05, 3.63) is 166 Å². The van der Waals surface area contributed by atoms with E-state index in [2.05, 4.69) is 155 Å². The van der Waals surface area contributed by atoms with E-state index in [1.165, 1.54) is 86.6 Å². The van der Waals surface area contributed by atoms with Crippen molar-refractivity contribution < 1.29 is 0 Å². The van der Waals surface area contributed by atoms with Crippen LogP contribution in [-0.4, -0.2) is 0 Å². The maximum Gasteiger partial charge on any atom is 0.0725 e. The Balaban J connectivity index is 1.26. The van der Waals surface area contributed by atoms with Crippen molar-refractivity contribution in [1.82, 2.24) is 0 Å². The van der Waals surface area contributed by atoms with Crippen LogP contribution in [0.5, 0.6) is 0 Å². The van der Waals surface area contributed by atoms with E-state index in [1.807, 2.05) is 11.3 Å². The number of rotatable bonds is 1. The van der Waals surface area contributed by atoms with E-state index in [0.29, 0.717) is 0 Å². The molecule has 1 atom stereocenters. The van der Waals surface area contributed by atoms with Crippen molar-refractivity contribution in [2.24, 2.45) is 0 Å². The fraction of sp³-hybridized carbons (Fsp3) is 0.0244. The second-order valence-corrected chi connectivity index (χ2v) is 13.8. The second-order valence-electron chi connectivity index (χ2n) is 11.8. The molecule has 0 radical (unpaired) electrons. The zero-order valence-corrected chi connectivity index (χ0v) is 25.5. The molecule has 0 N–H and O–H groups in total. The summed E-state index contributed by atoms with van der Waals surface area (Å²) in [5.41, 5.74) is 13.1. The Morgan fingerprint density at radius 2 is 1.07 bits per heavy atom. The van der Waals surface area contributed by atoms with Crippen LogP contribution in [0.2, 0.25) is 0 Å². The smallest absolute Gasteiger partial charge is 0.0725 e. The Morgan fingerprint density at radius 1 is 0.442 bits per heavy atom. The first kappa shape index (κ1) is 24.0. The molecule has 0 fully saturated rings. The van der Waals surface area contributed by atoms with Gasteiger partial charge in [0.15, 0.2) is 0 Å². The SMILES string of the molecule is Brc1ccc2sc3ccc(-c4ccc5c(c4)-c4ccccc4C54c5ccccc5-c5c4ccc4ccccc54)cc3c2c1. The molecule has 2 aliphatic carbocycles.